The Bertz CT molecular complexity index is 1750. The van der Waals surface area contributed by atoms with Crippen molar-refractivity contribution in [1.82, 2.24) is 9.88 Å². The summed E-state index contributed by atoms with van der Waals surface area (Å²) >= 11 is 12.7. The second kappa shape index (κ2) is 9.19. The number of benzene rings is 3. The molecule has 3 aromatic carbocycles. The van der Waals surface area contributed by atoms with Crippen molar-refractivity contribution in [2.24, 2.45) is 0 Å². The fraction of sp³-hybridized carbons (Fsp3) is 0.161. The highest BCUT2D eigenvalue weighted by atomic mass is 35.5. The lowest BCUT2D eigenvalue weighted by atomic mass is 9.78. The molecule has 0 bridgehead atoms. The lowest BCUT2D eigenvalue weighted by molar-refractivity contribution is -0.136. The molecule has 0 saturated carbocycles. The number of dihydropyridines is 1. The number of para-hydroxylation sites is 1. The first kappa shape index (κ1) is 24.5. The van der Waals surface area contributed by atoms with Gasteiger partial charge in [0, 0.05) is 55.6 Å². The summed E-state index contributed by atoms with van der Waals surface area (Å²) in [6.45, 7) is 4.39. The van der Waals surface area contributed by atoms with E-state index < -0.39 is 11.9 Å². The number of nitrogens with one attached hydrogen (secondary N) is 1. The fourth-order valence-corrected chi connectivity index (χ4v) is 6.31. The van der Waals surface area contributed by atoms with Gasteiger partial charge in [-0.25, -0.2) is 4.79 Å². The minimum Gasteiger partial charge on any atom is -0.466 e. The van der Waals surface area contributed by atoms with E-state index in [-0.39, 0.29) is 5.78 Å². The van der Waals surface area contributed by atoms with Gasteiger partial charge in [-0.15, -0.1) is 0 Å². The second-order valence-electron chi connectivity index (χ2n) is 9.59. The quantitative estimate of drug-likeness (QED) is 0.281. The molecule has 2 heterocycles. The number of esters is 1. The van der Waals surface area contributed by atoms with E-state index >= 15 is 0 Å². The van der Waals surface area contributed by atoms with Gasteiger partial charge in [0.15, 0.2) is 5.78 Å². The van der Waals surface area contributed by atoms with Crippen LogP contribution in [0.4, 0.5) is 0 Å². The number of nitrogens with zero attached hydrogens (tertiary/aromatic N) is 1. The number of allylic oxidation sites excluding steroid dienone is 2. The minimum absolute atomic E-state index is 0.0843. The van der Waals surface area contributed by atoms with Crippen LogP contribution >= 0.6 is 23.2 Å². The zero-order valence-electron chi connectivity index (χ0n) is 21.1. The summed E-state index contributed by atoms with van der Waals surface area (Å²) in [4.78, 5) is 27.2. The molecule has 0 spiro atoms. The Balaban J connectivity index is 1.62. The number of fused-ring (bicyclic) bond motifs is 3. The first-order valence-electron chi connectivity index (χ1n) is 12.3. The fourth-order valence-electron chi connectivity index (χ4n) is 5.84. The van der Waals surface area contributed by atoms with Crippen molar-refractivity contribution in [3.05, 3.63) is 122 Å². The molecule has 190 valence electrons. The average molecular weight is 543 g/mol. The predicted octanol–water partition coefficient (Wildman–Crippen LogP) is 7.05. The van der Waals surface area contributed by atoms with Crippen LogP contribution in [0.2, 0.25) is 10.0 Å². The molecule has 4 aromatic rings. The largest absolute Gasteiger partial charge is 0.466 e. The molecule has 1 aromatic heterocycles. The molecule has 5 nitrogen and oxygen atoms in total. The number of carbonyl (C=O) groups is 2. The molecule has 0 saturated heterocycles. The number of aromatic nitrogens is 1. The maximum absolute atomic E-state index is 13.9. The van der Waals surface area contributed by atoms with Crippen molar-refractivity contribution < 1.29 is 14.3 Å². The molecule has 6 rings (SSSR count). The Hall–Kier alpha value is -3.80. The molecule has 2 aliphatic rings. The van der Waals surface area contributed by atoms with Crippen molar-refractivity contribution in [1.29, 1.82) is 0 Å². The predicted molar refractivity (Wildman–Crippen MR) is 151 cm³/mol. The van der Waals surface area contributed by atoms with Gasteiger partial charge < -0.3 is 14.6 Å². The van der Waals surface area contributed by atoms with Crippen molar-refractivity contribution in [2.45, 2.75) is 26.3 Å². The van der Waals surface area contributed by atoms with E-state index in [1.54, 1.807) is 6.07 Å². The minimum atomic E-state index is -0.606. The molecule has 0 radical (unpaired) electrons. The SMILES string of the molecule is COC(=O)C1=C(C)NC2=C(C(=O)c3ccccc32)[C@H]1c1c(C)n(Cc2ccc(Cl)cc2Cl)c2ccccc12. The standard InChI is InChI=1S/C31H24Cl2N2O3/c1-16-25(31(37)38-3)27(28-29(34-16)20-8-4-5-9-21(20)30(28)36)26-17(2)35(24-11-7-6-10-22(24)26)15-18-12-13-19(32)14-23(18)33/h4-14,27,34H,15H2,1-3H3/t27-/m1/s1. The zero-order chi connectivity index (χ0) is 26.7. The van der Waals surface area contributed by atoms with Crippen LogP contribution in [0.3, 0.4) is 0 Å². The van der Waals surface area contributed by atoms with Gasteiger partial charge in [0.2, 0.25) is 0 Å². The third-order valence-corrected chi connectivity index (χ3v) is 8.15. The Morgan fingerprint density at radius 3 is 2.45 bits per heavy atom. The zero-order valence-corrected chi connectivity index (χ0v) is 22.6. The van der Waals surface area contributed by atoms with E-state index in [1.807, 2.05) is 74.5 Å². The Kier molecular flexibility index (Phi) is 5.93. The van der Waals surface area contributed by atoms with Crippen LogP contribution < -0.4 is 5.32 Å². The summed E-state index contributed by atoms with van der Waals surface area (Å²) < 4.78 is 7.43. The first-order valence-corrected chi connectivity index (χ1v) is 13.0. The van der Waals surface area contributed by atoms with E-state index in [4.69, 9.17) is 27.9 Å². The summed E-state index contributed by atoms with van der Waals surface area (Å²) in [5, 5.41) is 5.48. The van der Waals surface area contributed by atoms with Gasteiger partial charge in [-0.2, -0.15) is 0 Å². The molecule has 0 unspecified atom stereocenters. The number of Topliss-reactive ketones (excluding diaryl/α,β-unsaturated/α-hetero) is 1. The number of halogens is 2. The van der Waals surface area contributed by atoms with E-state index in [1.165, 1.54) is 7.11 Å². The van der Waals surface area contributed by atoms with Crippen LogP contribution in [-0.4, -0.2) is 23.4 Å². The molecule has 0 amide bonds. The summed E-state index contributed by atoms with van der Waals surface area (Å²) in [7, 11) is 1.37. The van der Waals surface area contributed by atoms with Crippen LogP contribution in [0.15, 0.2) is 83.6 Å². The monoisotopic (exact) mass is 542 g/mol. The Labute approximate surface area is 230 Å². The number of carbonyl (C=O) groups excluding carboxylic acids is 2. The molecule has 0 fully saturated rings. The maximum Gasteiger partial charge on any atom is 0.336 e. The van der Waals surface area contributed by atoms with Crippen molar-refractivity contribution in [3.63, 3.8) is 0 Å². The maximum atomic E-state index is 13.9. The summed E-state index contributed by atoms with van der Waals surface area (Å²) in [6, 6.07) is 21.1. The van der Waals surface area contributed by atoms with Gasteiger partial charge in [-0.05, 0) is 43.2 Å². The van der Waals surface area contributed by atoms with Crippen LogP contribution in [0, 0.1) is 6.92 Å². The van der Waals surface area contributed by atoms with Crippen molar-refractivity contribution in [2.75, 3.05) is 7.11 Å². The average Bonchev–Trinajstić information content (AvgIpc) is 3.35. The summed E-state index contributed by atoms with van der Waals surface area (Å²) in [5.74, 6) is -1.16. The van der Waals surface area contributed by atoms with Crippen LogP contribution in [0.1, 0.15) is 45.6 Å². The van der Waals surface area contributed by atoms with E-state index in [0.29, 0.717) is 39.0 Å². The van der Waals surface area contributed by atoms with E-state index in [0.717, 1.165) is 39.0 Å². The third kappa shape index (κ3) is 3.61. The molecular weight excluding hydrogens is 519 g/mol. The molecule has 38 heavy (non-hydrogen) atoms. The van der Waals surface area contributed by atoms with Crippen molar-refractivity contribution >= 4 is 51.6 Å². The Morgan fingerprint density at radius 2 is 1.71 bits per heavy atom. The number of hydrogen-bond donors (Lipinski definition) is 1. The lowest BCUT2D eigenvalue weighted by Crippen LogP contribution is -2.29. The normalized spacial score (nSPS) is 16.6. The number of hydrogen-bond acceptors (Lipinski definition) is 4. The van der Waals surface area contributed by atoms with Gasteiger partial charge in [-0.3, -0.25) is 4.79 Å². The topological polar surface area (TPSA) is 60.3 Å². The highest BCUT2D eigenvalue weighted by Gasteiger charge is 2.44. The van der Waals surface area contributed by atoms with Crippen LogP contribution in [-0.2, 0) is 16.1 Å². The van der Waals surface area contributed by atoms with E-state index in [2.05, 4.69) is 9.88 Å². The van der Waals surface area contributed by atoms with Crippen LogP contribution in [0.5, 0.6) is 0 Å². The third-order valence-electron chi connectivity index (χ3n) is 7.57. The smallest absolute Gasteiger partial charge is 0.336 e. The molecule has 1 N–H and O–H groups in total. The van der Waals surface area contributed by atoms with Gasteiger partial charge in [-0.1, -0.05) is 71.7 Å². The molecular formula is C31H24Cl2N2O3. The number of rotatable bonds is 4. The summed E-state index contributed by atoms with van der Waals surface area (Å²) in [6.07, 6.45) is 0. The van der Waals surface area contributed by atoms with Gasteiger partial charge >= 0.3 is 5.97 Å². The highest BCUT2D eigenvalue weighted by molar-refractivity contribution is 6.35. The number of methoxy groups -OCH3 is 1. The lowest BCUT2D eigenvalue weighted by Gasteiger charge is -2.29. The molecule has 1 aliphatic heterocycles. The van der Waals surface area contributed by atoms with Gasteiger partial charge in [0.05, 0.1) is 24.3 Å². The first-order chi connectivity index (χ1) is 18.3. The number of ketones is 1. The molecule has 7 heteroatoms. The molecule has 1 atom stereocenters. The molecule has 1 aliphatic carbocycles. The number of ether oxygens (including phenoxy) is 1. The summed E-state index contributed by atoms with van der Waals surface area (Å²) in [5.41, 5.74) is 7.63. The van der Waals surface area contributed by atoms with Crippen LogP contribution in [0.25, 0.3) is 16.6 Å². The highest BCUT2D eigenvalue weighted by Crippen LogP contribution is 2.49. The van der Waals surface area contributed by atoms with Crippen molar-refractivity contribution in [3.8, 4) is 0 Å². The Morgan fingerprint density at radius 1 is 1.00 bits per heavy atom. The van der Waals surface area contributed by atoms with E-state index in [9.17, 15) is 9.59 Å². The second-order valence-corrected chi connectivity index (χ2v) is 10.4. The van der Waals surface area contributed by atoms with Gasteiger partial charge in [0.1, 0.15) is 0 Å². The van der Waals surface area contributed by atoms with Gasteiger partial charge in [0.25, 0.3) is 0 Å².